The number of para-hydroxylation sites is 1. The van der Waals surface area contributed by atoms with Crippen LogP contribution in [0.4, 0.5) is 5.69 Å². The van der Waals surface area contributed by atoms with Gasteiger partial charge in [0.25, 0.3) is 5.69 Å². The number of nitro benzene ring substituents is 1. The van der Waals surface area contributed by atoms with E-state index in [0.29, 0.717) is 12.6 Å². The van der Waals surface area contributed by atoms with Crippen LogP contribution in [0.2, 0.25) is 0 Å². The van der Waals surface area contributed by atoms with Crippen molar-refractivity contribution in [2.75, 3.05) is 19.6 Å². The van der Waals surface area contributed by atoms with Crippen LogP contribution >= 0.6 is 0 Å². The summed E-state index contributed by atoms with van der Waals surface area (Å²) in [5.41, 5.74) is 1.08. The molecule has 21 heavy (non-hydrogen) atoms. The molecule has 1 aromatic rings. The van der Waals surface area contributed by atoms with Crippen LogP contribution < -0.4 is 5.32 Å². The maximum Gasteiger partial charge on any atom is 0.273 e. The summed E-state index contributed by atoms with van der Waals surface area (Å²) < 4.78 is 0. The third-order valence-corrected chi connectivity index (χ3v) is 4.44. The number of nitro groups is 1. The van der Waals surface area contributed by atoms with Crippen molar-refractivity contribution in [3.05, 3.63) is 39.9 Å². The fourth-order valence-corrected chi connectivity index (χ4v) is 3.16. The number of rotatable bonds is 7. The first-order valence-electron chi connectivity index (χ1n) is 7.90. The topological polar surface area (TPSA) is 58.4 Å². The van der Waals surface area contributed by atoms with E-state index in [4.69, 9.17) is 0 Å². The molecule has 5 nitrogen and oxygen atoms in total. The highest BCUT2D eigenvalue weighted by atomic mass is 16.6. The molecule has 1 aliphatic carbocycles. The fourth-order valence-electron chi connectivity index (χ4n) is 3.16. The SMILES string of the molecule is O=[N+]([O-])c1ccccc1CN(CC1CC1)CC1CCCN1. The van der Waals surface area contributed by atoms with Crippen LogP contribution in [0.25, 0.3) is 0 Å². The zero-order valence-corrected chi connectivity index (χ0v) is 12.3. The molecule has 3 rings (SSSR count). The lowest BCUT2D eigenvalue weighted by Crippen LogP contribution is -2.38. The van der Waals surface area contributed by atoms with Gasteiger partial charge in [0.15, 0.2) is 0 Å². The molecule has 1 saturated heterocycles. The molecule has 0 amide bonds. The van der Waals surface area contributed by atoms with Crippen molar-refractivity contribution in [2.45, 2.75) is 38.3 Å². The predicted molar refractivity (Wildman–Crippen MR) is 82.1 cm³/mol. The van der Waals surface area contributed by atoms with Gasteiger partial charge in [-0.25, -0.2) is 0 Å². The van der Waals surface area contributed by atoms with Crippen molar-refractivity contribution < 1.29 is 4.92 Å². The molecule has 1 aromatic carbocycles. The third kappa shape index (κ3) is 4.02. The summed E-state index contributed by atoms with van der Waals surface area (Å²) in [7, 11) is 0. The predicted octanol–water partition coefficient (Wildman–Crippen LogP) is 2.56. The zero-order chi connectivity index (χ0) is 14.7. The van der Waals surface area contributed by atoms with E-state index in [9.17, 15) is 10.1 Å². The lowest BCUT2D eigenvalue weighted by Gasteiger charge is -2.25. The fraction of sp³-hybridized carbons (Fsp3) is 0.625. The molecule has 0 radical (unpaired) electrons. The zero-order valence-electron chi connectivity index (χ0n) is 12.3. The first-order valence-corrected chi connectivity index (χ1v) is 7.90. The molecular formula is C16H23N3O2. The number of nitrogens with zero attached hydrogens (tertiary/aromatic N) is 2. The molecule has 0 aromatic heterocycles. The molecule has 5 heteroatoms. The molecule has 0 spiro atoms. The molecule has 1 heterocycles. The molecule has 0 bridgehead atoms. The second-order valence-corrected chi connectivity index (χ2v) is 6.32. The van der Waals surface area contributed by atoms with Crippen molar-refractivity contribution in [3.8, 4) is 0 Å². The highest BCUT2D eigenvalue weighted by molar-refractivity contribution is 5.39. The Morgan fingerprint density at radius 3 is 2.71 bits per heavy atom. The van der Waals surface area contributed by atoms with Crippen LogP contribution in [0.1, 0.15) is 31.2 Å². The van der Waals surface area contributed by atoms with E-state index < -0.39 is 0 Å². The van der Waals surface area contributed by atoms with Gasteiger partial charge in [-0.3, -0.25) is 15.0 Å². The standard InChI is InChI=1S/C16H23N3O2/c20-19(21)16-6-2-1-4-14(16)11-18(10-13-7-8-13)12-15-5-3-9-17-15/h1-2,4,6,13,15,17H,3,5,7-12H2. The molecule has 1 N–H and O–H groups in total. The maximum absolute atomic E-state index is 11.2. The smallest absolute Gasteiger partial charge is 0.273 e. The Balaban J connectivity index is 1.69. The van der Waals surface area contributed by atoms with Crippen LogP contribution in [0.5, 0.6) is 0 Å². The van der Waals surface area contributed by atoms with Gasteiger partial charge in [-0.15, -0.1) is 0 Å². The van der Waals surface area contributed by atoms with Crippen molar-refractivity contribution in [1.29, 1.82) is 0 Å². The van der Waals surface area contributed by atoms with Crippen molar-refractivity contribution in [2.24, 2.45) is 5.92 Å². The first-order chi connectivity index (χ1) is 10.2. The van der Waals surface area contributed by atoms with E-state index in [1.165, 1.54) is 25.7 Å². The van der Waals surface area contributed by atoms with Crippen molar-refractivity contribution in [3.63, 3.8) is 0 Å². The lowest BCUT2D eigenvalue weighted by molar-refractivity contribution is -0.385. The lowest BCUT2D eigenvalue weighted by atomic mass is 10.1. The average Bonchev–Trinajstić information content (AvgIpc) is 3.12. The summed E-state index contributed by atoms with van der Waals surface area (Å²) in [6.45, 7) is 3.87. The molecule has 114 valence electrons. The summed E-state index contributed by atoms with van der Waals surface area (Å²) in [6, 6.07) is 7.68. The maximum atomic E-state index is 11.2. The summed E-state index contributed by atoms with van der Waals surface area (Å²) in [5, 5.41) is 14.7. The third-order valence-electron chi connectivity index (χ3n) is 4.44. The quantitative estimate of drug-likeness (QED) is 0.619. The summed E-state index contributed by atoms with van der Waals surface area (Å²) >= 11 is 0. The highest BCUT2D eigenvalue weighted by Gasteiger charge is 2.27. The van der Waals surface area contributed by atoms with Gasteiger partial charge in [-0.1, -0.05) is 18.2 Å². The summed E-state index contributed by atoms with van der Waals surface area (Å²) in [5.74, 6) is 0.800. The monoisotopic (exact) mass is 289 g/mol. The highest BCUT2D eigenvalue weighted by Crippen LogP contribution is 2.31. The molecule has 2 fully saturated rings. The molecule has 1 unspecified atom stereocenters. The number of hydrogen-bond acceptors (Lipinski definition) is 4. The van der Waals surface area contributed by atoms with Crippen LogP contribution in [0.15, 0.2) is 24.3 Å². The van der Waals surface area contributed by atoms with Gasteiger partial charge in [-0.2, -0.15) is 0 Å². The molecule has 2 aliphatic rings. The van der Waals surface area contributed by atoms with E-state index in [2.05, 4.69) is 10.2 Å². The van der Waals surface area contributed by atoms with Crippen LogP contribution in [-0.2, 0) is 6.54 Å². The Bertz CT molecular complexity index is 496. The molecule has 1 atom stereocenters. The second kappa shape index (κ2) is 6.54. The number of hydrogen-bond donors (Lipinski definition) is 1. The van der Waals surface area contributed by atoms with Gasteiger partial charge in [0.05, 0.1) is 4.92 Å². The van der Waals surface area contributed by atoms with E-state index in [1.54, 1.807) is 12.1 Å². The minimum atomic E-state index is -0.265. The Hall–Kier alpha value is -1.46. The van der Waals surface area contributed by atoms with E-state index in [-0.39, 0.29) is 10.6 Å². The molecular weight excluding hydrogens is 266 g/mol. The van der Waals surface area contributed by atoms with Gasteiger partial charge in [0.2, 0.25) is 0 Å². The number of nitrogens with one attached hydrogen (secondary N) is 1. The Morgan fingerprint density at radius 2 is 2.05 bits per heavy atom. The van der Waals surface area contributed by atoms with E-state index in [0.717, 1.165) is 31.1 Å². The van der Waals surface area contributed by atoms with E-state index >= 15 is 0 Å². The van der Waals surface area contributed by atoms with Gasteiger partial charge in [-0.05, 0) is 38.1 Å². The molecule has 1 aliphatic heterocycles. The minimum Gasteiger partial charge on any atom is -0.313 e. The van der Waals surface area contributed by atoms with Gasteiger partial charge in [0.1, 0.15) is 0 Å². The van der Waals surface area contributed by atoms with Crippen LogP contribution in [-0.4, -0.2) is 35.5 Å². The van der Waals surface area contributed by atoms with Crippen LogP contribution in [0.3, 0.4) is 0 Å². The first kappa shape index (κ1) is 14.5. The van der Waals surface area contributed by atoms with Gasteiger partial charge in [0, 0.05) is 37.3 Å². The second-order valence-electron chi connectivity index (χ2n) is 6.32. The van der Waals surface area contributed by atoms with Crippen molar-refractivity contribution in [1.82, 2.24) is 10.2 Å². The van der Waals surface area contributed by atoms with E-state index in [1.807, 2.05) is 12.1 Å². The largest absolute Gasteiger partial charge is 0.313 e. The van der Waals surface area contributed by atoms with Gasteiger partial charge >= 0.3 is 0 Å². The summed E-state index contributed by atoms with van der Waals surface area (Å²) in [6.07, 6.45) is 5.09. The minimum absolute atomic E-state index is 0.248. The average molecular weight is 289 g/mol. The van der Waals surface area contributed by atoms with Crippen LogP contribution in [0, 0.1) is 16.0 Å². The molecule has 1 saturated carbocycles. The normalized spacial score (nSPS) is 21.9. The Morgan fingerprint density at radius 1 is 1.24 bits per heavy atom. The van der Waals surface area contributed by atoms with Gasteiger partial charge < -0.3 is 5.32 Å². The summed E-state index contributed by atoms with van der Waals surface area (Å²) in [4.78, 5) is 13.3. The Kier molecular flexibility index (Phi) is 4.51. The number of benzene rings is 1. The van der Waals surface area contributed by atoms with Crippen molar-refractivity contribution >= 4 is 5.69 Å². The Labute approximate surface area is 125 Å².